The first-order valence-corrected chi connectivity index (χ1v) is 4.34. The fourth-order valence-corrected chi connectivity index (χ4v) is 1.45. The number of nitrogens with two attached hydrogens (primary N) is 1. The molecule has 0 saturated carbocycles. The second-order valence-electron chi connectivity index (χ2n) is 3.34. The molecule has 1 aliphatic rings. The molecule has 1 fully saturated rings. The molecule has 82 valence electrons. The van der Waals surface area contributed by atoms with Gasteiger partial charge in [-0.2, -0.15) is 0 Å². The summed E-state index contributed by atoms with van der Waals surface area (Å²) in [4.78, 5) is 11.0. The van der Waals surface area contributed by atoms with E-state index in [9.17, 15) is 15.0 Å². The zero-order valence-electron chi connectivity index (χ0n) is 8.08. The van der Waals surface area contributed by atoms with Crippen LogP contribution in [0.5, 0.6) is 0 Å². The molecule has 1 aliphatic heterocycles. The van der Waals surface area contributed by atoms with Crippen LogP contribution in [0.2, 0.25) is 0 Å². The summed E-state index contributed by atoms with van der Waals surface area (Å²) in [6.07, 6.45) is -3.62. The lowest BCUT2D eigenvalue weighted by Gasteiger charge is -2.19. The Morgan fingerprint density at radius 2 is 2.07 bits per heavy atom. The van der Waals surface area contributed by atoms with Gasteiger partial charge in [-0.15, -0.1) is 0 Å². The molecule has 0 aliphatic carbocycles. The van der Waals surface area contributed by atoms with Crippen LogP contribution >= 0.6 is 0 Å². The van der Waals surface area contributed by atoms with Crippen molar-refractivity contribution in [1.82, 2.24) is 0 Å². The van der Waals surface area contributed by atoms with Crippen molar-refractivity contribution < 1.29 is 24.5 Å². The summed E-state index contributed by atoms with van der Waals surface area (Å²) in [5.74, 6) is -0.671. The summed E-state index contributed by atoms with van der Waals surface area (Å²) >= 11 is 0. The van der Waals surface area contributed by atoms with Crippen LogP contribution in [0.3, 0.4) is 0 Å². The normalized spacial score (nSPS) is 39.5. The number of aliphatic hydroxyl groups excluding tert-OH is 2. The number of esters is 1. The highest BCUT2D eigenvalue weighted by molar-refractivity contribution is 5.76. The first-order valence-electron chi connectivity index (χ1n) is 4.34. The molecule has 0 radical (unpaired) electrons. The van der Waals surface area contributed by atoms with Crippen molar-refractivity contribution >= 4 is 5.97 Å². The number of rotatable bonds is 2. The van der Waals surface area contributed by atoms with Crippen molar-refractivity contribution in [2.75, 3.05) is 7.11 Å². The Bertz CT molecular complexity index is 222. The van der Waals surface area contributed by atoms with Gasteiger partial charge >= 0.3 is 5.97 Å². The summed E-state index contributed by atoms with van der Waals surface area (Å²) in [5.41, 5.74) is 5.48. The first kappa shape index (κ1) is 11.4. The van der Waals surface area contributed by atoms with Crippen molar-refractivity contribution in [3.63, 3.8) is 0 Å². The SMILES string of the molecule is COC(=O)[C@H](N)[C@H]1O[C@@H](C)C(O)[C@H]1O. The molecule has 0 spiro atoms. The number of hydrogen-bond donors (Lipinski definition) is 3. The second kappa shape index (κ2) is 4.22. The molecule has 0 aromatic rings. The van der Waals surface area contributed by atoms with Gasteiger partial charge in [0.2, 0.25) is 0 Å². The van der Waals surface area contributed by atoms with Crippen LogP contribution in [0.15, 0.2) is 0 Å². The van der Waals surface area contributed by atoms with E-state index in [1.807, 2.05) is 0 Å². The lowest BCUT2D eigenvalue weighted by molar-refractivity contribution is -0.147. The quantitative estimate of drug-likeness (QED) is 0.450. The van der Waals surface area contributed by atoms with Crippen LogP contribution in [0.4, 0.5) is 0 Å². The summed E-state index contributed by atoms with van der Waals surface area (Å²) in [6.45, 7) is 1.60. The average Bonchev–Trinajstić information content (AvgIpc) is 2.43. The molecule has 1 saturated heterocycles. The van der Waals surface area contributed by atoms with Crippen LogP contribution in [0.25, 0.3) is 0 Å². The van der Waals surface area contributed by atoms with Crippen LogP contribution in [-0.4, -0.2) is 53.7 Å². The lowest BCUT2D eigenvalue weighted by atomic mass is 10.0. The molecule has 0 bridgehead atoms. The predicted octanol–water partition coefficient (Wildman–Crippen LogP) is -2.00. The number of methoxy groups -OCH3 is 1. The van der Waals surface area contributed by atoms with Crippen molar-refractivity contribution in [3.8, 4) is 0 Å². The molecule has 14 heavy (non-hydrogen) atoms. The molecule has 4 N–H and O–H groups in total. The second-order valence-corrected chi connectivity index (χ2v) is 3.34. The van der Waals surface area contributed by atoms with Gasteiger partial charge in [-0.3, -0.25) is 4.79 Å². The van der Waals surface area contributed by atoms with Crippen LogP contribution in [0.1, 0.15) is 6.92 Å². The van der Waals surface area contributed by atoms with Gasteiger partial charge in [0.05, 0.1) is 13.2 Å². The molecule has 1 heterocycles. The lowest BCUT2D eigenvalue weighted by Crippen LogP contribution is -2.48. The Hall–Kier alpha value is -0.690. The maximum Gasteiger partial charge on any atom is 0.325 e. The number of carbonyl (C=O) groups is 1. The molecule has 6 nitrogen and oxygen atoms in total. The fraction of sp³-hybridized carbons (Fsp3) is 0.875. The molecule has 6 heteroatoms. The highest BCUT2D eigenvalue weighted by Crippen LogP contribution is 2.22. The van der Waals surface area contributed by atoms with E-state index in [2.05, 4.69) is 4.74 Å². The maximum absolute atomic E-state index is 11.0. The minimum absolute atomic E-state index is 0.536. The Labute approximate surface area is 81.6 Å². The molecular weight excluding hydrogens is 190 g/mol. The van der Waals surface area contributed by atoms with Gasteiger partial charge in [0, 0.05) is 0 Å². The Morgan fingerprint density at radius 3 is 2.43 bits per heavy atom. The van der Waals surface area contributed by atoms with E-state index in [0.717, 1.165) is 0 Å². The predicted molar refractivity (Wildman–Crippen MR) is 46.3 cm³/mol. The van der Waals surface area contributed by atoms with E-state index < -0.39 is 36.4 Å². The van der Waals surface area contributed by atoms with Crippen molar-refractivity contribution in [1.29, 1.82) is 0 Å². The first-order chi connectivity index (χ1) is 6.49. The summed E-state index contributed by atoms with van der Waals surface area (Å²) in [7, 11) is 1.20. The van der Waals surface area contributed by atoms with Gasteiger partial charge < -0.3 is 25.4 Å². The fourth-order valence-electron chi connectivity index (χ4n) is 1.45. The minimum Gasteiger partial charge on any atom is -0.468 e. The van der Waals surface area contributed by atoms with Gasteiger partial charge in [-0.25, -0.2) is 0 Å². The third-order valence-corrected chi connectivity index (χ3v) is 2.37. The largest absolute Gasteiger partial charge is 0.468 e. The van der Waals surface area contributed by atoms with Crippen molar-refractivity contribution in [3.05, 3.63) is 0 Å². The Morgan fingerprint density at radius 1 is 1.50 bits per heavy atom. The van der Waals surface area contributed by atoms with Gasteiger partial charge in [-0.1, -0.05) is 0 Å². The topological polar surface area (TPSA) is 102 Å². The molecule has 1 rings (SSSR count). The van der Waals surface area contributed by atoms with Gasteiger partial charge in [0.25, 0.3) is 0 Å². The van der Waals surface area contributed by atoms with E-state index in [1.165, 1.54) is 7.11 Å². The van der Waals surface area contributed by atoms with Gasteiger partial charge in [0.15, 0.2) is 0 Å². The zero-order valence-corrected chi connectivity index (χ0v) is 8.08. The highest BCUT2D eigenvalue weighted by atomic mass is 16.6. The number of aliphatic hydroxyl groups is 2. The molecule has 0 amide bonds. The maximum atomic E-state index is 11.0. The van der Waals surface area contributed by atoms with Crippen LogP contribution < -0.4 is 5.73 Å². The van der Waals surface area contributed by atoms with E-state index in [4.69, 9.17) is 10.5 Å². The molecule has 0 aromatic heterocycles. The number of carbonyl (C=O) groups excluding carboxylic acids is 1. The standard InChI is InChI=1S/C8H15NO5/c1-3-5(10)6(11)7(14-3)4(9)8(12)13-2/h3-7,10-11H,9H2,1-2H3/t3-,4+,5?,6+,7+/m0/s1. The van der Waals surface area contributed by atoms with Crippen molar-refractivity contribution in [2.45, 2.75) is 37.4 Å². The summed E-state index contributed by atoms with van der Waals surface area (Å²) < 4.78 is 9.55. The third-order valence-electron chi connectivity index (χ3n) is 2.37. The van der Waals surface area contributed by atoms with E-state index >= 15 is 0 Å². The van der Waals surface area contributed by atoms with Gasteiger partial charge in [-0.05, 0) is 6.92 Å². The highest BCUT2D eigenvalue weighted by Gasteiger charge is 2.45. The van der Waals surface area contributed by atoms with Crippen LogP contribution in [0, 0.1) is 0 Å². The Kier molecular flexibility index (Phi) is 3.43. The van der Waals surface area contributed by atoms with E-state index in [0.29, 0.717) is 0 Å². The van der Waals surface area contributed by atoms with Crippen molar-refractivity contribution in [2.24, 2.45) is 5.73 Å². The zero-order chi connectivity index (χ0) is 10.9. The van der Waals surface area contributed by atoms with E-state index in [-0.39, 0.29) is 0 Å². The minimum atomic E-state index is -1.15. The number of ether oxygens (including phenoxy) is 2. The summed E-state index contributed by atoms with van der Waals surface area (Å²) in [6, 6.07) is -1.07. The molecular formula is C8H15NO5. The van der Waals surface area contributed by atoms with E-state index in [1.54, 1.807) is 6.92 Å². The molecule has 0 aromatic carbocycles. The van der Waals surface area contributed by atoms with Crippen LogP contribution in [-0.2, 0) is 14.3 Å². The smallest absolute Gasteiger partial charge is 0.325 e. The monoisotopic (exact) mass is 205 g/mol. The Balaban J connectivity index is 2.66. The average molecular weight is 205 g/mol. The summed E-state index contributed by atoms with van der Waals surface area (Å²) in [5, 5.41) is 18.8. The molecule has 1 unspecified atom stereocenters. The number of hydrogen-bond acceptors (Lipinski definition) is 6. The third kappa shape index (κ3) is 1.88. The molecule has 5 atom stereocenters. The van der Waals surface area contributed by atoms with Gasteiger partial charge in [0.1, 0.15) is 24.4 Å².